The van der Waals surface area contributed by atoms with E-state index in [4.69, 9.17) is 9.47 Å². The molecule has 16 heavy (non-hydrogen) atoms. The molecule has 0 saturated carbocycles. The van der Waals surface area contributed by atoms with E-state index in [1.54, 1.807) is 7.11 Å². The maximum Gasteiger partial charge on any atom is 0.0594 e. The Morgan fingerprint density at radius 3 is 2.62 bits per heavy atom. The van der Waals surface area contributed by atoms with Crippen LogP contribution < -0.4 is 0 Å². The van der Waals surface area contributed by atoms with Crippen LogP contribution >= 0.6 is 0 Å². The van der Waals surface area contributed by atoms with Gasteiger partial charge in [0.15, 0.2) is 0 Å². The molecular formula is C13H27NO2. The van der Waals surface area contributed by atoms with Gasteiger partial charge in [-0.05, 0) is 31.7 Å². The first-order valence-electron chi connectivity index (χ1n) is 6.65. The molecule has 0 amide bonds. The molecule has 1 aliphatic heterocycles. The van der Waals surface area contributed by atoms with Crippen LogP contribution in [0.25, 0.3) is 0 Å². The molecule has 0 bridgehead atoms. The van der Waals surface area contributed by atoms with Crippen LogP contribution in [0.3, 0.4) is 0 Å². The van der Waals surface area contributed by atoms with Crippen molar-refractivity contribution in [3.05, 3.63) is 0 Å². The number of hydrogen-bond acceptors (Lipinski definition) is 3. The predicted molar refractivity (Wildman–Crippen MR) is 66.8 cm³/mol. The van der Waals surface area contributed by atoms with Gasteiger partial charge < -0.3 is 9.47 Å². The Balaban J connectivity index is 2.02. The summed E-state index contributed by atoms with van der Waals surface area (Å²) in [7, 11) is 1.79. The van der Waals surface area contributed by atoms with Crippen molar-refractivity contribution in [2.75, 3.05) is 46.6 Å². The van der Waals surface area contributed by atoms with Crippen molar-refractivity contribution in [2.45, 2.75) is 32.6 Å². The van der Waals surface area contributed by atoms with E-state index in [9.17, 15) is 0 Å². The number of methoxy groups -OCH3 is 1. The minimum atomic E-state index is 0.848. The first-order valence-corrected chi connectivity index (χ1v) is 6.65. The van der Waals surface area contributed by atoms with Gasteiger partial charge in [0.25, 0.3) is 0 Å². The molecule has 3 heteroatoms. The zero-order chi connectivity index (χ0) is 11.6. The molecule has 0 aromatic rings. The molecule has 1 fully saturated rings. The van der Waals surface area contributed by atoms with Crippen LogP contribution in [0.4, 0.5) is 0 Å². The maximum absolute atomic E-state index is 5.34. The second kappa shape index (κ2) is 8.97. The highest BCUT2D eigenvalue weighted by atomic mass is 16.5. The summed E-state index contributed by atoms with van der Waals surface area (Å²) in [4.78, 5) is 2.52. The molecule has 1 rings (SSSR count). The topological polar surface area (TPSA) is 21.7 Å². The summed E-state index contributed by atoms with van der Waals surface area (Å²) in [6.45, 7) is 8.52. The highest BCUT2D eigenvalue weighted by Crippen LogP contribution is 2.15. The lowest BCUT2D eigenvalue weighted by Crippen LogP contribution is -2.36. The van der Waals surface area contributed by atoms with Crippen LogP contribution in [0.1, 0.15) is 32.6 Å². The quantitative estimate of drug-likeness (QED) is 0.636. The average Bonchev–Trinajstić information content (AvgIpc) is 2.35. The summed E-state index contributed by atoms with van der Waals surface area (Å²) < 4.78 is 10.5. The fraction of sp³-hybridized carbons (Fsp3) is 1.00. The Hall–Kier alpha value is -0.120. The van der Waals surface area contributed by atoms with Gasteiger partial charge in [0, 0.05) is 26.8 Å². The highest BCUT2D eigenvalue weighted by molar-refractivity contribution is 4.64. The van der Waals surface area contributed by atoms with Crippen LogP contribution in [0.2, 0.25) is 0 Å². The Kier molecular flexibility index (Phi) is 7.81. The second-order valence-corrected chi connectivity index (χ2v) is 4.65. The molecule has 0 aliphatic carbocycles. The van der Waals surface area contributed by atoms with Crippen LogP contribution in [0.15, 0.2) is 0 Å². The second-order valence-electron chi connectivity index (χ2n) is 4.65. The number of rotatable bonds is 8. The minimum Gasteiger partial charge on any atom is -0.385 e. The van der Waals surface area contributed by atoms with E-state index in [-0.39, 0.29) is 0 Å². The lowest BCUT2D eigenvalue weighted by atomic mass is 9.97. The van der Waals surface area contributed by atoms with E-state index in [0.717, 1.165) is 38.8 Å². The van der Waals surface area contributed by atoms with E-state index in [2.05, 4.69) is 11.8 Å². The van der Waals surface area contributed by atoms with Gasteiger partial charge in [0.1, 0.15) is 0 Å². The Morgan fingerprint density at radius 2 is 2.00 bits per heavy atom. The molecule has 1 saturated heterocycles. The van der Waals surface area contributed by atoms with E-state index in [0.29, 0.717) is 0 Å². The zero-order valence-corrected chi connectivity index (χ0v) is 10.9. The van der Waals surface area contributed by atoms with Crippen molar-refractivity contribution in [3.63, 3.8) is 0 Å². The van der Waals surface area contributed by atoms with Crippen LogP contribution in [0.5, 0.6) is 0 Å². The molecule has 0 aromatic heterocycles. The third kappa shape index (κ3) is 5.83. The normalized spacial score (nSPS) is 19.9. The number of nitrogens with zero attached hydrogens (tertiary/aromatic N) is 1. The van der Waals surface area contributed by atoms with Gasteiger partial charge in [-0.1, -0.05) is 13.3 Å². The first kappa shape index (κ1) is 13.9. The highest BCUT2D eigenvalue weighted by Gasteiger charge is 2.11. The molecule has 3 nitrogen and oxygen atoms in total. The Morgan fingerprint density at radius 1 is 1.25 bits per heavy atom. The standard InChI is InChI=1S/C13H27NO2/c1-3-13(6-10-15-2)5-4-7-14-8-11-16-12-9-14/h13H,3-12H2,1-2H3/t13-/m1/s1. The predicted octanol–water partition coefficient (Wildman–Crippen LogP) is 2.16. The fourth-order valence-electron chi connectivity index (χ4n) is 2.27. The summed E-state index contributed by atoms with van der Waals surface area (Å²) in [5, 5.41) is 0. The minimum absolute atomic E-state index is 0.848. The molecule has 1 atom stereocenters. The van der Waals surface area contributed by atoms with Crippen molar-refractivity contribution in [1.82, 2.24) is 4.90 Å². The molecular weight excluding hydrogens is 202 g/mol. The molecule has 0 spiro atoms. The number of ether oxygens (including phenoxy) is 2. The van der Waals surface area contributed by atoms with Crippen molar-refractivity contribution in [1.29, 1.82) is 0 Å². The van der Waals surface area contributed by atoms with E-state index < -0.39 is 0 Å². The van der Waals surface area contributed by atoms with E-state index in [1.165, 1.54) is 32.2 Å². The van der Waals surface area contributed by atoms with Crippen molar-refractivity contribution in [2.24, 2.45) is 5.92 Å². The summed E-state index contributed by atoms with van der Waals surface area (Å²) in [5.74, 6) is 0.848. The molecule has 1 aliphatic rings. The monoisotopic (exact) mass is 229 g/mol. The van der Waals surface area contributed by atoms with Crippen LogP contribution in [0, 0.1) is 5.92 Å². The molecule has 0 unspecified atom stereocenters. The smallest absolute Gasteiger partial charge is 0.0594 e. The first-order chi connectivity index (χ1) is 7.86. The van der Waals surface area contributed by atoms with Gasteiger partial charge >= 0.3 is 0 Å². The average molecular weight is 229 g/mol. The summed E-state index contributed by atoms with van der Waals surface area (Å²) in [6.07, 6.45) is 5.17. The maximum atomic E-state index is 5.34. The van der Waals surface area contributed by atoms with Crippen molar-refractivity contribution < 1.29 is 9.47 Å². The molecule has 0 aromatic carbocycles. The van der Waals surface area contributed by atoms with Gasteiger partial charge in [-0.25, -0.2) is 0 Å². The SMILES string of the molecule is CC[C@H](CCCN1CCOCC1)CCOC. The summed E-state index contributed by atoms with van der Waals surface area (Å²) in [5.41, 5.74) is 0. The van der Waals surface area contributed by atoms with Crippen molar-refractivity contribution in [3.8, 4) is 0 Å². The lowest BCUT2D eigenvalue weighted by Gasteiger charge is -2.27. The number of hydrogen-bond donors (Lipinski definition) is 0. The molecule has 0 N–H and O–H groups in total. The van der Waals surface area contributed by atoms with E-state index >= 15 is 0 Å². The Labute approximate surface area is 100 Å². The van der Waals surface area contributed by atoms with Gasteiger partial charge in [-0.15, -0.1) is 0 Å². The summed E-state index contributed by atoms with van der Waals surface area (Å²) >= 11 is 0. The fourth-order valence-corrected chi connectivity index (χ4v) is 2.27. The van der Waals surface area contributed by atoms with Gasteiger partial charge in [0.2, 0.25) is 0 Å². The zero-order valence-electron chi connectivity index (χ0n) is 10.9. The number of morpholine rings is 1. The van der Waals surface area contributed by atoms with E-state index in [1.807, 2.05) is 0 Å². The third-order valence-corrected chi connectivity index (χ3v) is 3.50. The molecule has 96 valence electrons. The third-order valence-electron chi connectivity index (χ3n) is 3.50. The van der Waals surface area contributed by atoms with Gasteiger partial charge in [-0.2, -0.15) is 0 Å². The Bertz CT molecular complexity index is 158. The summed E-state index contributed by atoms with van der Waals surface area (Å²) in [6, 6.07) is 0. The van der Waals surface area contributed by atoms with Crippen LogP contribution in [-0.4, -0.2) is 51.5 Å². The lowest BCUT2D eigenvalue weighted by molar-refractivity contribution is 0.0364. The molecule has 0 radical (unpaired) electrons. The molecule has 1 heterocycles. The van der Waals surface area contributed by atoms with Gasteiger partial charge in [-0.3, -0.25) is 4.90 Å². The van der Waals surface area contributed by atoms with Crippen molar-refractivity contribution >= 4 is 0 Å². The van der Waals surface area contributed by atoms with Crippen LogP contribution in [-0.2, 0) is 9.47 Å². The van der Waals surface area contributed by atoms with Gasteiger partial charge in [0.05, 0.1) is 13.2 Å². The largest absolute Gasteiger partial charge is 0.385 e.